The highest BCUT2D eigenvalue weighted by Gasteiger charge is 2.31. The Labute approximate surface area is 138 Å². The molecule has 1 saturated carbocycles. The van der Waals surface area contributed by atoms with Gasteiger partial charge in [0.25, 0.3) is 0 Å². The van der Waals surface area contributed by atoms with Gasteiger partial charge in [-0.15, -0.1) is 0 Å². The van der Waals surface area contributed by atoms with E-state index in [1.807, 2.05) is 13.0 Å². The van der Waals surface area contributed by atoms with Gasteiger partial charge in [0.2, 0.25) is 5.91 Å². The summed E-state index contributed by atoms with van der Waals surface area (Å²) in [6, 6.07) is 2.21. The molecule has 0 spiro atoms. The highest BCUT2D eigenvalue weighted by atomic mass is 16.5. The molecule has 3 rings (SSSR count). The Morgan fingerprint density at radius 3 is 2.70 bits per heavy atom. The van der Waals surface area contributed by atoms with E-state index in [2.05, 4.69) is 17.0 Å². The number of amides is 1. The van der Waals surface area contributed by atoms with E-state index in [4.69, 9.17) is 9.26 Å². The molecule has 1 aromatic rings. The molecule has 0 bridgehead atoms. The molecule has 128 valence electrons. The van der Waals surface area contributed by atoms with Crippen molar-refractivity contribution >= 4 is 5.91 Å². The third-order valence-corrected chi connectivity index (χ3v) is 5.18. The predicted octanol–water partition coefficient (Wildman–Crippen LogP) is 3.11. The van der Waals surface area contributed by atoms with Crippen LogP contribution < -0.4 is 0 Å². The zero-order valence-corrected chi connectivity index (χ0v) is 14.3. The van der Waals surface area contributed by atoms with Crippen LogP contribution in [0.15, 0.2) is 10.6 Å². The lowest BCUT2D eigenvalue weighted by molar-refractivity contribution is -0.135. The first kappa shape index (κ1) is 16.5. The number of aromatic nitrogens is 1. The van der Waals surface area contributed by atoms with Gasteiger partial charge in [-0.2, -0.15) is 0 Å². The van der Waals surface area contributed by atoms with E-state index in [9.17, 15) is 4.79 Å². The molecule has 1 atom stereocenters. The molecule has 1 unspecified atom stereocenters. The number of hydrogen-bond acceptors (Lipinski definition) is 4. The summed E-state index contributed by atoms with van der Waals surface area (Å²) in [4.78, 5) is 15.0. The van der Waals surface area contributed by atoms with Crippen molar-refractivity contribution in [3.63, 3.8) is 0 Å². The van der Waals surface area contributed by atoms with Crippen LogP contribution in [0.3, 0.4) is 0 Å². The molecule has 0 radical (unpaired) electrons. The molecule has 5 nitrogen and oxygen atoms in total. The van der Waals surface area contributed by atoms with Crippen molar-refractivity contribution in [2.75, 3.05) is 13.2 Å². The number of aryl methyl sites for hydroxylation is 1. The highest BCUT2D eigenvalue weighted by Crippen LogP contribution is 2.28. The topological polar surface area (TPSA) is 55.6 Å². The van der Waals surface area contributed by atoms with Crippen LogP contribution in [0, 0.1) is 12.8 Å². The van der Waals surface area contributed by atoms with Crippen molar-refractivity contribution in [2.24, 2.45) is 5.92 Å². The lowest BCUT2D eigenvalue weighted by atomic mass is 9.86. The first-order valence-electron chi connectivity index (χ1n) is 8.95. The third-order valence-electron chi connectivity index (χ3n) is 5.18. The molecular formula is C18H28N2O3. The molecule has 23 heavy (non-hydrogen) atoms. The Morgan fingerprint density at radius 1 is 1.30 bits per heavy atom. The van der Waals surface area contributed by atoms with E-state index >= 15 is 0 Å². The van der Waals surface area contributed by atoms with Crippen molar-refractivity contribution in [2.45, 2.75) is 70.9 Å². The standard InChI is InChI=1S/C18H28N2O3/c1-13-5-7-16(8-6-13)20(12-17-4-3-9-22-17)18(21)11-15-10-14(2)23-19-15/h10,13,16-17H,3-9,11-12H2,1-2H3. The van der Waals surface area contributed by atoms with Crippen LogP contribution in [0.1, 0.15) is 56.9 Å². The number of hydrogen-bond donors (Lipinski definition) is 0. The van der Waals surface area contributed by atoms with Crippen LogP contribution in [-0.2, 0) is 16.0 Å². The summed E-state index contributed by atoms with van der Waals surface area (Å²) in [5.74, 6) is 1.70. The fourth-order valence-corrected chi connectivity index (χ4v) is 3.77. The average molecular weight is 320 g/mol. The van der Waals surface area contributed by atoms with Gasteiger partial charge in [0.15, 0.2) is 0 Å². The van der Waals surface area contributed by atoms with Gasteiger partial charge in [-0.05, 0) is 51.4 Å². The van der Waals surface area contributed by atoms with Crippen molar-refractivity contribution in [1.29, 1.82) is 0 Å². The summed E-state index contributed by atoms with van der Waals surface area (Å²) in [6.45, 7) is 5.72. The summed E-state index contributed by atoms with van der Waals surface area (Å²) >= 11 is 0. The maximum Gasteiger partial charge on any atom is 0.229 e. The summed E-state index contributed by atoms with van der Waals surface area (Å²) in [7, 11) is 0. The largest absolute Gasteiger partial charge is 0.376 e. The van der Waals surface area contributed by atoms with Crippen molar-refractivity contribution in [3.8, 4) is 0 Å². The molecule has 2 heterocycles. The first-order chi connectivity index (χ1) is 11.1. The smallest absolute Gasteiger partial charge is 0.229 e. The summed E-state index contributed by atoms with van der Waals surface area (Å²) in [6.07, 6.45) is 7.35. The second-order valence-electron chi connectivity index (χ2n) is 7.20. The summed E-state index contributed by atoms with van der Waals surface area (Å²) in [5, 5.41) is 3.97. The molecule has 2 fully saturated rings. The number of ether oxygens (including phenoxy) is 1. The van der Waals surface area contributed by atoms with Crippen LogP contribution in [0.25, 0.3) is 0 Å². The summed E-state index contributed by atoms with van der Waals surface area (Å²) in [5.41, 5.74) is 0.731. The Morgan fingerprint density at radius 2 is 2.09 bits per heavy atom. The Hall–Kier alpha value is -1.36. The SMILES string of the molecule is Cc1cc(CC(=O)N(CC2CCCO2)C2CCC(C)CC2)no1. The number of nitrogens with zero attached hydrogens (tertiary/aromatic N) is 2. The minimum Gasteiger partial charge on any atom is -0.376 e. The van der Waals surface area contributed by atoms with Gasteiger partial charge in [-0.1, -0.05) is 12.1 Å². The third kappa shape index (κ3) is 4.34. The zero-order valence-electron chi connectivity index (χ0n) is 14.3. The van der Waals surface area contributed by atoms with E-state index in [0.717, 1.165) is 56.2 Å². The number of carbonyl (C=O) groups excluding carboxylic acids is 1. The molecule has 5 heteroatoms. The zero-order chi connectivity index (χ0) is 16.2. The van der Waals surface area contributed by atoms with Crippen molar-refractivity contribution in [3.05, 3.63) is 17.5 Å². The van der Waals surface area contributed by atoms with Gasteiger partial charge >= 0.3 is 0 Å². The van der Waals surface area contributed by atoms with Gasteiger partial charge in [0.05, 0.1) is 18.2 Å². The van der Waals surface area contributed by atoms with Crippen LogP contribution in [0.5, 0.6) is 0 Å². The van der Waals surface area contributed by atoms with Crippen LogP contribution in [-0.4, -0.2) is 41.3 Å². The highest BCUT2D eigenvalue weighted by molar-refractivity contribution is 5.78. The van der Waals surface area contributed by atoms with Crippen LogP contribution in [0.4, 0.5) is 0 Å². The molecule has 0 N–H and O–H groups in total. The second-order valence-corrected chi connectivity index (χ2v) is 7.20. The van der Waals surface area contributed by atoms with Crippen LogP contribution >= 0.6 is 0 Å². The van der Waals surface area contributed by atoms with Gasteiger partial charge in [-0.25, -0.2) is 0 Å². The van der Waals surface area contributed by atoms with E-state index < -0.39 is 0 Å². The quantitative estimate of drug-likeness (QED) is 0.836. The Kier molecular flexibility index (Phi) is 5.36. The molecule has 1 saturated heterocycles. The van der Waals surface area contributed by atoms with Crippen LogP contribution in [0.2, 0.25) is 0 Å². The molecule has 2 aliphatic rings. The molecular weight excluding hydrogens is 292 g/mol. The number of rotatable bonds is 5. The monoisotopic (exact) mass is 320 g/mol. The molecule has 1 amide bonds. The van der Waals surface area contributed by atoms with Crippen molar-refractivity contribution in [1.82, 2.24) is 10.1 Å². The summed E-state index contributed by atoms with van der Waals surface area (Å²) < 4.78 is 10.9. The fraction of sp³-hybridized carbons (Fsp3) is 0.778. The maximum absolute atomic E-state index is 12.9. The van der Waals surface area contributed by atoms with Crippen molar-refractivity contribution < 1.29 is 14.1 Å². The molecule has 1 aliphatic heterocycles. The molecule has 1 aromatic heterocycles. The maximum atomic E-state index is 12.9. The molecule has 1 aliphatic carbocycles. The normalized spacial score (nSPS) is 28.0. The Bertz CT molecular complexity index is 514. The average Bonchev–Trinajstić information content (AvgIpc) is 3.17. The first-order valence-corrected chi connectivity index (χ1v) is 8.95. The van der Waals surface area contributed by atoms with E-state index in [1.54, 1.807) is 0 Å². The van der Waals surface area contributed by atoms with Gasteiger partial charge in [0.1, 0.15) is 5.76 Å². The minimum atomic E-state index is 0.161. The lowest BCUT2D eigenvalue weighted by Crippen LogP contribution is -2.46. The minimum absolute atomic E-state index is 0.161. The molecule has 0 aromatic carbocycles. The predicted molar refractivity (Wildman–Crippen MR) is 87.1 cm³/mol. The second kappa shape index (κ2) is 7.47. The van der Waals surface area contributed by atoms with E-state index in [-0.39, 0.29) is 12.0 Å². The Balaban J connectivity index is 1.66. The van der Waals surface area contributed by atoms with Gasteiger partial charge in [0, 0.05) is 25.3 Å². The van der Waals surface area contributed by atoms with E-state index in [0.29, 0.717) is 12.5 Å². The van der Waals surface area contributed by atoms with Gasteiger partial charge in [-0.3, -0.25) is 4.79 Å². The lowest BCUT2D eigenvalue weighted by Gasteiger charge is -2.37. The van der Waals surface area contributed by atoms with Gasteiger partial charge < -0.3 is 14.2 Å². The van der Waals surface area contributed by atoms with E-state index in [1.165, 1.54) is 12.8 Å². The number of carbonyl (C=O) groups is 1. The fourth-order valence-electron chi connectivity index (χ4n) is 3.77.